The highest BCUT2D eigenvalue weighted by Crippen LogP contribution is 2.45. The maximum atomic E-state index is 13.7. The molecular weight excluding hydrogens is 356 g/mol. The fraction of sp³-hybridized carbons (Fsp3) is 0.364. The maximum absolute atomic E-state index is 13.7. The first kappa shape index (κ1) is 16.9. The van der Waals surface area contributed by atoms with E-state index in [9.17, 15) is 8.42 Å². The minimum Gasteiger partial charge on any atom is -0.369 e. The van der Waals surface area contributed by atoms with E-state index in [1.54, 1.807) is 7.05 Å². The molecule has 2 aliphatic heterocycles. The molecule has 0 fully saturated rings. The van der Waals surface area contributed by atoms with Gasteiger partial charge in [0.25, 0.3) is 0 Å². The van der Waals surface area contributed by atoms with Gasteiger partial charge in [-0.2, -0.15) is 0 Å². The molecule has 0 saturated carbocycles. The summed E-state index contributed by atoms with van der Waals surface area (Å²) < 4.78 is 28.9. The molecule has 0 radical (unpaired) electrons. The number of allylic oxidation sites excluding steroid dienone is 1. The Balaban J connectivity index is 1.66. The quantitative estimate of drug-likeness (QED) is 0.659. The summed E-state index contributed by atoms with van der Waals surface area (Å²) in [5.74, 6) is 0.214. The SMILES string of the molecule is CN1c2ccccc2CC2C=CC3Cc4ccccc4N(C)S(=O)(=O)C3C21. The molecule has 4 atom stereocenters. The van der Waals surface area contributed by atoms with Gasteiger partial charge in [-0.15, -0.1) is 0 Å². The number of para-hydroxylation sites is 2. The molecule has 3 aliphatic rings. The average molecular weight is 381 g/mol. The lowest BCUT2D eigenvalue weighted by atomic mass is 9.75. The van der Waals surface area contributed by atoms with Crippen molar-refractivity contribution in [2.75, 3.05) is 23.3 Å². The van der Waals surface area contributed by atoms with E-state index < -0.39 is 15.3 Å². The summed E-state index contributed by atoms with van der Waals surface area (Å²) in [5.41, 5.74) is 4.38. The molecule has 0 aromatic heterocycles. The summed E-state index contributed by atoms with van der Waals surface area (Å²) in [7, 11) is 0.286. The molecule has 5 heteroatoms. The Labute approximate surface area is 161 Å². The van der Waals surface area contributed by atoms with Crippen LogP contribution in [0.1, 0.15) is 11.1 Å². The summed E-state index contributed by atoms with van der Waals surface area (Å²) in [6, 6.07) is 16.2. The van der Waals surface area contributed by atoms with Crippen molar-refractivity contribution in [2.24, 2.45) is 11.8 Å². The van der Waals surface area contributed by atoms with Crippen LogP contribution in [0.5, 0.6) is 0 Å². The van der Waals surface area contributed by atoms with E-state index in [4.69, 9.17) is 0 Å². The lowest BCUT2D eigenvalue weighted by molar-refractivity contribution is 0.363. The Morgan fingerprint density at radius 2 is 1.37 bits per heavy atom. The van der Waals surface area contributed by atoms with Gasteiger partial charge >= 0.3 is 0 Å². The van der Waals surface area contributed by atoms with Crippen molar-refractivity contribution < 1.29 is 8.42 Å². The molecule has 0 bridgehead atoms. The average Bonchev–Trinajstić information content (AvgIpc) is 2.75. The third-order valence-corrected chi connectivity index (χ3v) is 8.87. The zero-order valence-corrected chi connectivity index (χ0v) is 16.4. The maximum Gasteiger partial charge on any atom is 0.240 e. The molecule has 2 heterocycles. The number of rotatable bonds is 0. The highest BCUT2D eigenvalue weighted by atomic mass is 32.2. The summed E-state index contributed by atoms with van der Waals surface area (Å²) in [5, 5.41) is -0.441. The van der Waals surface area contributed by atoms with Gasteiger partial charge in [-0.3, -0.25) is 4.31 Å². The monoisotopic (exact) mass is 380 g/mol. The van der Waals surface area contributed by atoms with Crippen molar-refractivity contribution in [2.45, 2.75) is 24.1 Å². The fourth-order valence-electron chi connectivity index (χ4n) is 5.29. The van der Waals surface area contributed by atoms with Crippen molar-refractivity contribution >= 4 is 21.4 Å². The van der Waals surface area contributed by atoms with Gasteiger partial charge in [-0.05, 0) is 36.1 Å². The van der Waals surface area contributed by atoms with Crippen LogP contribution in [0.3, 0.4) is 0 Å². The van der Waals surface area contributed by atoms with Crippen LogP contribution < -0.4 is 9.21 Å². The van der Waals surface area contributed by atoms with Crippen LogP contribution in [-0.2, 0) is 22.9 Å². The highest BCUT2D eigenvalue weighted by molar-refractivity contribution is 7.93. The van der Waals surface area contributed by atoms with E-state index in [0.717, 1.165) is 29.8 Å². The number of nitrogens with zero attached hydrogens (tertiary/aromatic N) is 2. The molecule has 5 rings (SSSR count). The lowest BCUT2D eigenvalue weighted by Gasteiger charge is -2.48. The van der Waals surface area contributed by atoms with Gasteiger partial charge < -0.3 is 4.90 Å². The minimum absolute atomic E-state index is 0.00457. The Hall–Kier alpha value is -2.27. The highest BCUT2D eigenvalue weighted by Gasteiger charge is 2.51. The van der Waals surface area contributed by atoms with E-state index in [2.05, 4.69) is 48.4 Å². The first-order chi connectivity index (χ1) is 13.0. The predicted octanol–water partition coefficient (Wildman–Crippen LogP) is 3.24. The van der Waals surface area contributed by atoms with Gasteiger partial charge in [0.05, 0.1) is 11.7 Å². The standard InChI is InChI=1S/C22H24N2O2S/c1-23-19-9-5-3-7-15(19)13-17-11-12-18-14-16-8-4-6-10-20(16)24(2)27(25,26)22(18)21(17)23/h3-12,17-18,21-22H,13-14H2,1-2H3. The third-order valence-electron chi connectivity index (χ3n) is 6.59. The summed E-state index contributed by atoms with van der Waals surface area (Å²) in [4.78, 5) is 2.21. The van der Waals surface area contributed by atoms with Crippen LogP contribution in [0.2, 0.25) is 0 Å². The molecule has 0 saturated heterocycles. The van der Waals surface area contributed by atoms with E-state index in [1.165, 1.54) is 9.87 Å². The molecule has 1 aliphatic carbocycles. The van der Waals surface area contributed by atoms with E-state index >= 15 is 0 Å². The van der Waals surface area contributed by atoms with Crippen LogP contribution >= 0.6 is 0 Å². The summed E-state index contributed by atoms with van der Waals surface area (Å²) in [6.45, 7) is 0. The number of hydrogen-bond acceptors (Lipinski definition) is 3. The molecule has 140 valence electrons. The number of benzene rings is 2. The van der Waals surface area contributed by atoms with E-state index in [0.29, 0.717) is 0 Å². The molecule has 2 aromatic carbocycles. The van der Waals surface area contributed by atoms with Gasteiger partial charge in [-0.25, -0.2) is 8.42 Å². The Morgan fingerprint density at radius 1 is 0.815 bits per heavy atom. The van der Waals surface area contributed by atoms with Crippen molar-refractivity contribution in [1.82, 2.24) is 0 Å². The first-order valence-electron chi connectivity index (χ1n) is 9.53. The molecule has 27 heavy (non-hydrogen) atoms. The molecule has 0 spiro atoms. The lowest BCUT2D eigenvalue weighted by Crippen LogP contribution is -2.58. The van der Waals surface area contributed by atoms with Crippen molar-refractivity contribution in [3.8, 4) is 0 Å². The second-order valence-electron chi connectivity index (χ2n) is 7.96. The number of sulfonamides is 1. The molecule has 0 amide bonds. The zero-order chi connectivity index (χ0) is 18.8. The van der Waals surface area contributed by atoms with Crippen LogP contribution in [-0.4, -0.2) is 33.8 Å². The van der Waals surface area contributed by atoms with Gasteiger partial charge in [0.15, 0.2) is 0 Å². The van der Waals surface area contributed by atoms with Crippen molar-refractivity contribution in [3.05, 3.63) is 71.8 Å². The number of anilines is 2. The Morgan fingerprint density at radius 3 is 2.11 bits per heavy atom. The normalized spacial score (nSPS) is 30.6. The molecule has 4 unspecified atom stereocenters. The van der Waals surface area contributed by atoms with Crippen LogP contribution in [0.4, 0.5) is 11.4 Å². The van der Waals surface area contributed by atoms with Crippen LogP contribution in [0.25, 0.3) is 0 Å². The minimum atomic E-state index is -3.48. The second kappa shape index (κ2) is 5.86. The molecule has 4 nitrogen and oxygen atoms in total. The topological polar surface area (TPSA) is 40.6 Å². The van der Waals surface area contributed by atoms with Gasteiger partial charge in [0, 0.05) is 31.6 Å². The Bertz CT molecular complexity index is 1030. The van der Waals surface area contributed by atoms with Crippen LogP contribution in [0, 0.1) is 11.8 Å². The third kappa shape index (κ3) is 2.37. The molecule has 2 aromatic rings. The summed E-state index contributed by atoms with van der Waals surface area (Å²) >= 11 is 0. The second-order valence-corrected chi connectivity index (χ2v) is 10.1. The number of fused-ring (bicyclic) bond motifs is 5. The number of hydrogen-bond donors (Lipinski definition) is 0. The largest absolute Gasteiger partial charge is 0.369 e. The van der Waals surface area contributed by atoms with Crippen LogP contribution in [0.15, 0.2) is 60.7 Å². The fourth-order valence-corrected chi connectivity index (χ4v) is 7.47. The first-order valence-corrected chi connectivity index (χ1v) is 11.0. The smallest absolute Gasteiger partial charge is 0.240 e. The van der Waals surface area contributed by atoms with E-state index in [1.807, 2.05) is 24.3 Å². The van der Waals surface area contributed by atoms with Crippen molar-refractivity contribution in [1.29, 1.82) is 0 Å². The van der Waals surface area contributed by atoms with Gasteiger partial charge in [0.2, 0.25) is 10.0 Å². The van der Waals surface area contributed by atoms with E-state index in [-0.39, 0.29) is 17.9 Å². The Kier molecular flexibility index (Phi) is 3.66. The van der Waals surface area contributed by atoms with Gasteiger partial charge in [-0.1, -0.05) is 48.6 Å². The van der Waals surface area contributed by atoms with Crippen molar-refractivity contribution in [3.63, 3.8) is 0 Å². The molecular formula is C22H24N2O2S. The zero-order valence-electron chi connectivity index (χ0n) is 15.6. The summed E-state index contributed by atoms with van der Waals surface area (Å²) in [6.07, 6.45) is 6.10. The molecule has 0 N–H and O–H groups in total. The predicted molar refractivity (Wildman–Crippen MR) is 110 cm³/mol. The van der Waals surface area contributed by atoms with Gasteiger partial charge in [0.1, 0.15) is 5.25 Å².